The molecule has 1 rings (SSSR count). The third-order valence-corrected chi connectivity index (χ3v) is 3.79. The van der Waals surface area contributed by atoms with Gasteiger partial charge in [-0.15, -0.1) is 0 Å². The van der Waals surface area contributed by atoms with E-state index in [0.717, 1.165) is 18.7 Å². The molecular formula is C19H31N2O. The van der Waals surface area contributed by atoms with E-state index in [0.29, 0.717) is 0 Å². The number of amides is 2. The molecule has 0 atom stereocenters. The lowest BCUT2D eigenvalue weighted by atomic mass is 10.1. The van der Waals surface area contributed by atoms with E-state index < -0.39 is 0 Å². The Kier molecular flexibility index (Phi) is 11.1. The van der Waals surface area contributed by atoms with Gasteiger partial charge in [-0.3, -0.25) is 0 Å². The summed E-state index contributed by atoms with van der Waals surface area (Å²) in [5.74, 6) is 0. The monoisotopic (exact) mass is 303 g/mol. The largest absolute Gasteiger partial charge is 0.338 e. The fourth-order valence-electron chi connectivity index (χ4n) is 2.46. The van der Waals surface area contributed by atoms with Crippen molar-refractivity contribution in [2.45, 2.75) is 71.1 Å². The van der Waals surface area contributed by atoms with Gasteiger partial charge in [-0.25, -0.2) is 4.79 Å². The first-order chi connectivity index (χ1) is 10.8. The van der Waals surface area contributed by atoms with E-state index in [1.165, 1.54) is 57.8 Å². The molecule has 0 saturated carbocycles. The third-order valence-electron chi connectivity index (χ3n) is 3.79. The number of carbonyl (C=O) groups excluding carboxylic acids is 1. The van der Waals surface area contributed by atoms with E-state index in [1.807, 2.05) is 12.1 Å². The molecule has 0 bridgehead atoms. The van der Waals surface area contributed by atoms with Crippen molar-refractivity contribution in [1.29, 1.82) is 0 Å². The number of benzene rings is 1. The molecule has 0 heterocycles. The molecule has 2 amide bonds. The van der Waals surface area contributed by atoms with Gasteiger partial charge in [0.25, 0.3) is 0 Å². The number of anilines is 1. The summed E-state index contributed by atoms with van der Waals surface area (Å²) in [5.41, 5.74) is 0.805. The van der Waals surface area contributed by atoms with Crippen molar-refractivity contribution in [3.8, 4) is 0 Å². The van der Waals surface area contributed by atoms with Gasteiger partial charge in [-0.2, -0.15) is 0 Å². The molecule has 3 heteroatoms. The quantitative estimate of drug-likeness (QED) is 0.490. The summed E-state index contributed by atoms with van der Waals surface area (Å²) in [6.45, 7) is 3.01. The summed E-state index contributed by atoms with van der Waals surface area (Å²) in [7, 11) is 0. The van der Waals surface area contributed by atoms with Gasteiger partial charge < -0.3 is 10.6 Å². The van der Waals surface area contributed by atoms with Crippen molar-refractivity contribution in [2.75, 3.05) is 11.9 Å². The van der Waals surface area contributed by atoms with Gasteiger partial charge in [-0.05, 0) is 24.6 Å². The van der Waals surface area contributed by atoms with Gasteiger partial charge in [0.1, 0.15) is 0 Å². The smallest absolute Gasteiger partial charge is 0.319 e. The van der Waals surface area contributed by atoms with E-state index in [9.17, 15) is 4.79 Å². The van der Waals surface area contributed by atoms with Crippen LogP contribution in [0, 0.1) is 6.07 Å². The van der Waals surface area contributed by atoms with Crippen molar-refractivity contribution < 1.29 is 4.79 Å². The van der Waals surface area contributed by atoms with Crippen LogP contribution in [0.1, 0.15) is 71.1 Å². The van der Waals surface area contributed by atoms with Crippen LogP contribution in [0.2, 0.25) is 0 Å². The minimum Gasteiger partial charge on any atom is -0.338 e. The average Bonchev–Trinajstić information content (AvgIpc) is 2.53. The Morgan fingerprint density at radius 1 is 0.909 bits per heavy atom. The molecule has 1 radical (unpaired) electrons. The zero-order chi connectivity index (χ0) is 15.9. The molecule has 123 valence electrons. The first kappa shape index (κ1) is 18.5. The lowest BCUT2D eigenvalue weighted by molar-refractivity contribution is 0.252. The molecule has 0 aliphatic heterocycles. The van der Waals surface area contributed by atoms with Crippen LogP contribution in [0.4, 0.5) is 10.5 Å². The molecule has 0 fully saturated rings. The maximum atomic E-state index is 11.6. The van der Waals surface area contributed by atoms with Crippen molar-refractivity contribution in [2.24, 2.45) is 0 Å². The van der Waals surface area contributed by atoms with Crippen molar-refractivity contribution in [3.63, 3.8) is 0 Å². The Morgan fingerprint density at radius 2 is 1.45 bits per heavy atom. The molecule has 0 unspecified atom stereocenters. The Balaban J connectivity index is 1.86. The van der Waals surface area contributed by atoms with E-state index in [2.05, 4.69) is 23.6 Å². The van der Waals surface area contributed by atoms with Crippen LogP contribution in [0.3, 0.4) is 0 Å². The number of nitrogens with one attached hydrogen (secondary N) is 2. The van der Waals surface area contributed by atoms with Crippen LogP contribution in [0.15, 0.2) is 24.3 Å². The number of carbonyl (C=O) groups is 1. The second-order valence-electron chi connectivity index (χ2n) is 5.85. The van der Waals surface area contributed by atoms with Crippen molar-refractivity contribution >= 4 is 11.7 Å². The highest BCUT2D eigenvalue weighted by atomic mass is 16.2. The minimum absolute atomic E-state index is 0.123. The van der Waals surface area contributed by atoms with Crippen LogP contribution >= 0.6 is 0 Å². The highest BCUT2D eigenvalue weighted by molar-refractivity contribution is 5.89. The first-order valence-corrected chi connectivity index (χ1v) is 8.84. The summed E-state index contributed by atoms with van der Waals surface area (Å²) in [6.07, 6.45) is 13.1. The van der Waals surface area contributed by atoms with Gasteiger partial charge in [0, 0.05) is 12.2 Å². The predicted molar refractivity (Wildman–Crippen MR) is 94.1 cm³/mol. The highest BCUT2D eigenvalue weighted by Gasteiger charge is 1.99. The van der Waals surface area contributed by atoms with E-state index in [1.54, 1.807) is 12.1 Å². The minimum atomic E-state index is -0.123. The Labute approximate surface area is 135 Å². The second kappa shape index (κ2) is 13.2. The molecule has 0 aliphatic rings. The van der Waals surface area contributed by atoms with E-state index >= 15 is 0 Å². The van der Waals surface area contributed by atoms with Gasteiger partial charge in [-0.1, -0.05) is 76.8 Å². The summed E-state index contributed by atoms with van der Waals surface area (Å²) >= 11 is 0. The first-order valence-electron chi connectivity index (χ1n) is 8.84. The molecule has 0 spiro atoms. The standard InChI is InChI=1S/C19H31N2O/c1-2-3-4-5-6-7-8-9-10-14-17-20-19(22)21-18-15-12-11-13-16-18/h12-13,15-16H,2-10,14,17H2,1H3,(H2,20,21,22). The maximum Gasteiger partial charge on any atom is 0.319 e. The zero-order valence-electron chi connectivity index (χ0n) is 14.0. The predicted octanol–water partition coefficient (Wildman–Crippen LogP) is 5.53. The van der Waals surface area contributed by atoms with Gasteiger partial charge in [0.05, 0.1) is 0 Å². The van der Waals surface area contributed by atoms with Gasteiger partial charge in [0.15, 0.2) is 0 Å². The van der Waals surface area contributed by atoms with Crippen LogP contribution in [0.25, 0.3) is 0 Å². The second-order valence-corrected chi connectivity index (χ2v) is 5.85. The number of rotatable bonds is 12. The van der Waals surface area contributed by atoms with Crippen molar-refractivity contribution in [1.82, 2.24) is 5.32 Å². The molecule has 2 N–H and O–H groups in total. The molecule has 22 heavy (non-hydrogen) atoms. The number of hydrogen-bond donors (Lipinski definition) is 2. The topological polar surface area (TPSA) is 41.1 Å². The summed E-state index contributed by atoms with van der Waals surface area (Å²) in [4.78, 5) is 11.6. The fraction of sp³-hybridized carbons (Fsp3) is 0.632. The van der Waals surface area contributed by atoms with Crippen molar-refractivity contribution in [3.05, 3.63) is 30.3 Å². The highest BCUT2D eigenvalue weighted by Crippen LogP contribution is 2.10. The molecular weight excluding hydrogens is 272 g/mol. The summed E-state index contributed by atoms with van der Waals surface area (Å²) in [6, 6.07) is 10.0. The normalized spacial score (nSPS) is 10.4. The van der Waals surface area contributed by atoms with Gasteiger partial charge >= 0.3 is 6.03 Å². The maximum absolute atomic E-state index is 11.6. The molecule has 1 aromatic carbocycles. The Hall–Kier alpha value is -1.51. The lowest BCUT2D eigenvalue weighted by Crippen LogP contribution is -2.29. The number of hydrogen-bond acceptors (Lipinski definition) is 1. The third kappa shape index (κ3) is 10.3. The Morgan fingerprint density at radius 3 is 2.05 bits per heavy atom. The van der Waals surface area contributed by atoms with Crippen LogP contribution in [0.5, 0.6) is 0 Å². The van der Waals surface area contributed by atoms with E-state index in [4.69, 9.17) is 0 Å². The van der Waals surface area contributed by atoms with Crippen LogP contribution < -0.4 is 10.6 Å². The SMILES string of the molecule is CCCCCCCCCCCCNC(=O)Nc1cc[c]cc1. The average molecular weight is 303 g/mol. The molecule has 0 aliphatic carbocycles. The molecule has 3 nitrogen and oxygen atoms in total. The summed E-state index contributed by atoms with van der Waals surface area (Å²) in [5, 5.41) is 5.70. The molecule has 0 saturated heterocycles. The van der Waals surface area contributed by atoms with E-state index in [-0.39, 0.29) is 6.03 Å². The fourth-order valence-corrected chi connectivity index (χ4v) is 2.46. The summed E-state index contributed by atoms with van der Waals surface area (Å²) < 4.78 is 0. The Bertz CT molecular complexity index is 378. The van der Waals surface area contributed by atoms with Crippen LogP contribution in [-0.4, -0.2) is 12.6 Å². The van der Waals surface area contributed by atoms with Gasteiger partial charge in [0.2, 0.25) is 0 Å². The zero-order valence-corrected chi connectivity index (χ0v) is 14.0. The number of urea groups is 1. The van der Waals surface area contributed by atoms with Crippen LogP contribution in [-0.2, 0) is 0 Å². The lowest BCUT2D eigenvalue weighted by Gasteiger charge is -2.07. The molecule has 0 aromatic heterocycles. The molecule has 1 aromatic rings. The number of unbranched alkanes of at least 4 members (excludes halogenated alkanes) is 9.